The maximum absolute atomic E-state index is 10.6. The van der Waals surface area contributed by atoms with Gasteiger partial charge in [-0.2, -0.15) is 4.68 Å². The van der Waals surface area contributed by atoms with Crippen LogP contribution in [0.25, 0.3) is 0 Å². The molecule has 0 amide bonds. The molecule has 17 heavy (non-hydrogen) atoms. The normalized spacial score (nSPS) is 10.5. The number of benzene rings is 1. The molecule has 0 aliphatic heterocycles. The Hall–Kier alpha value is -1.88. The highest BCUT2D eigenvalue weighted by Gasteiger charge is 2.18. The lowest BCUT2D eigenvalue weighted by Gasteiger charge is -1.98. The first-order chi connectivity index (χ1) is 8.06. The van der Waals surface area contributed by atoms with Crippen LogP contribution in [0.2, 0.25) is 5.02 Å². The number of hydrogen-bond donors (Lipinski definition) is 0. The van der Waals surface area contributed by atoms with Crippen molar-refractivity contribution in [2.45, 2.75) is 13.5 Å². The molecule has 1 aromatic heterocycles. The summed E-state index contributed by atoms with van der Waals surface area (Å²) in [5.41, 5.74) is 2.18. The first kappa shape index (κ1) is 11.6. The van der Waals surface area contributed by atoms with E-state index in [9.17, 15) is 10.1 Å². The molecule has 0 N–H and O–H groups in total. The van der Waals surface area contributed by atoms with Crippen LogP contribution >= 0.6 is 11.6 Å². The molecule has 0 aliphatic carbocycles. The van der Waals surface area contributed by atoms with Crippen molar-refractivity contribution in [3.05, 3.63) is 56.7 Å². The zero-order valence-electron chi connectivity index (χ0n) is 9.13. The number of hydrogen-bond acceptors (Lipinski definition) is 3. The van der Waals surface area contributed by atoms with Gasteiger partial charge in [0, 0.05) is 0 Å². The maximum Gasteiger partial charge on any atom is 0.408 e. The summed E-state index contributed by atoms with van der Waals surface area (Å²) in [5, 5.41) is 14.4. The van der Waals surface area contributed by atoms with Gasteiger partial charge in [-0.15, -0.1) is 0 Å². The average Bonchev–Trinajstić information content (AvgIpc) is 2.63. The van der Waals surface area contributed by atoms with E-state index in [0.29, 0.717) is 6.54 Å². The lowest BCUT2D eigenvalue weighted by molar-refractivity contribution is -0.389. The van der Waals surface area contributed by atoms with E-state index in [4.69, 9.17) is 11.6 Å². The molecular formula is C11H10ClN3O2. The molecule has 6 heteroatoms. The number of halogens is 1. The summed E-state index contributed by atoms with van der Waals surface area (Å²) >= 11 is 5.71. The van der Waals surface area contributed by atoms with Gasteiger partial charge in [0.2, 0.25) is 0 Å². The third-order valence-corrected chi connectivity index (χ3v) is 2.60. The van der Waals surface area contributed by atoms with Gasteiger partial charge in [0.05, 0.1) is 17.8 Å². The van der Waals surface area contributed by atoms with Gasteiger partial charge in [-0.25, -0.2) is 0 Å². The lowest BCUT2D eigenvalue weighted by Crippen LogP contribution is -2.01. The molecule has 0 bridgehead atoms. The smallest absolute Gasteiger partial charge is 0.358 e. The van der Waals surface area contributed by atoms with Crippen LogP contribution in [0, 0.1) is 17.0 Å². The Morgan fingerprint density at radius 1 is 1.41 bits per heavy atom. The van der Waals surface area contributed by atoms with Crippen molar-refractivity contribution in [2.75, 3.05) is 0 Å². The molecule has 5 nitrogen and oxygen atoms in total. The summed E-state index contributed by atoms with van der Waals surface area (Å²) in [6, 6.07) is 7.87. The van der Waals surface area contributed by atoms with E-state index in [2.05, 4.69) is 5.10 Å². The van der Waals surface area contributed by atoms with E-state index in [0.717, 1.165) is 5.56 Å². The predicted molar refractivity (Wildman–Crippen MR) is 64.2 cm³/mol. The van der Waals surface area contributed by atoms with Crippen molar-refractivity contribution in [3.8, 4) is 0 Å². The zero-order valence-corrected chi connectivity index (χ0v) is 9.89. The van der Waals surface area contributed by atoms with Gasteiger partial charge in [0.25, 0.3) is 0 Å². The van der Waals surface area contributed by atoms with Crippen LogP contribution in [-0.4, -0.2) is 14.7 Å². The van der Waals surface area contributed by atoms with Gasteiger partial charge < -0.3 is 10.1 Å². The summed E-state index contributed by atoms with van der Waals surface area (Å²) in [5.74, 6) is -0.307. The molecule has 2 rings (SSSR count). The minimum absolute atomic E-state index is 0.0575. The highest BCUT2D eigenvalue weighted by Crippen LogP contribution is 2.21. The standard InChI is InChI=1S/C11H10ClN3O2/c1-8-2-4-9(5-3-8)6-14-7-10(12)11(13-14)15(16)17/h2-5,7H,6H2,1H3. The minimum Gasteiger partial charge on any atom is -0.358 e. The molecule has 2 aromatic rings. The molecule has 88 valence electrons. The second kappa shape index (κ2) is 4.55. The number of nitrogens with zero attached hydrogens (tertiary/aromatic N) is 3. The molecule has 1 heterocycles. The molecule has 1 aromatic carbocycles. The fourth-order valence-electron chi connectivity index (χ4n) is 1.47. The first-order valence-corrected chi connectivity index (χ1v) is 5.37. The van der Waals surface area contributed by atoms with Crippen LogP contribution in [0.3, 0.4) is 0 Å². The summed E-state index contributed by atoms with van der Waals surface area (Å²) in [6.07, 6.45) is 1.46. The molecule has 0 radical (unpaired) electrons. The monoisotopic (exact) mass is 251 g/mol. The highest BCUT2D eigenvalue weighted by atomic mass is 35.5. The highest BCUT2D eigenvalue weighted by molar-refractivity contribution is 6.32. The van der Waals surface area contributed by atoms with Gasteiger partial charge >= 0.3 is 5.82 Å². The van der Waals surface area contributed by atoms with Crippen molar-refractivity contribution in [1.29, 1.82) is 0 Å². The van der Waals surface area contributed by atoms with Gasteiger partial charge in [0.15, 0.2) is 5.02 Å². The topological polar surface area (TPSA) is 61.0 Å². The predicted octanol–water partition coefficient (Wildman–Crippen LogP) is 2.80. The molecular weight excluding hydrogens is 242 g/mol. The second-order valence-corrected chi connectivity index (χ2v) is 4.15. The Labute approximate surface area is 103 Å². The van der Waals surface area contributed by atoms with E-state index < -0.39 is 4.92 Å². The van der Waals surface area contributed by atoms with E-state index >= 15 is 0 Å². The fraction of sp³-hybridized carbons (Fsp3) is 0.182. The maximum atomic E-state index is 10.6. The Kier molecular flexibility index (Phi) is 3.10. The Bertz CT molecular complexity index is 548. The molecule has 0 saturated heterocycles. The molecule has 0 unspecified atom stereocenters. The van der Waals surface area contributed by atoms with E-state index in [1.807, 2.05) is 31.2 Å². The van der Waals surface area contributed by atoms with Gasteiger partial charge in [-0.1, -0.05) is 41.4 Å². The van der Waals surface area contributed by atoms with Gasteiger partial charge in [-0.3, -0.25) is 0 Å². The summed E-state index contributed by atoms with van der Waals surface area (Å²) < 4.78 is 1.46. The quantitative estimate of drug-likeness (QED) is 0.622. The van der Waals surface area contributed by atoms with Crippen molar-refractivity contribution in [3.63, 3.8) is 0 Å². The summed E-state index contributed by atoms with van der Waals surface area (Å²) in [7, 11) is 0. The van der Waals surface area contributed by atoms with Crippen molar-refractivity contribution < 1.29 is 4.92 Å². The Morgan fingerprint density at radius 2 is 2.06 bits per heavy atom. The van der Waals surface area contributed by atoms with E-state index in [1.54, 1.807) is 0 Å². The first-order valence-electron chi connectivity index (χ1n) is 4.99. The third-order valence-electron chi connectivity index (χ3n) is 2.34. The molecule has 0 aliphatic rings. The third kappa shape index (κ3) is 2.62. The van der Waals surface area contributed by atoms with Crippen LogP contribution in [0.15, 0.2) is 30.5 Å². The molecule has 0 saturated carbocycles. The van der Waals surface area contributed by atoms with Crippen LogP contribution in [0.5, 0.6) is 0 Å². The molecule has 0 spiro atoms. The van der Waals surface area contributed by atoms with Crippen molar-refractivity contribution in [2.24, 2.45) is 0 Å². The van der Waals surface area contributed by atoms with Crippen molar-refractivity contribution >= 4 is 17.4 Å². The Morgan fingerprint density at radius 3 is 2.59 bits per heavy atom. The van der Waals surface area contributed by atoms with Gasteiger partial charge in [-0.05, 0) is 17.4 Å². The minimum atomic E-state index is -0.589. The number of rotatable bonds is 3. The SMILES string of the molecule is Cc1ccc(Cn2cc(Cl)c([N+](=O)[O-])n2)cc1. The summed E-state index contributed by atoms with van der Waals surface area (Å²) in [6.45, 7) is 2.47. The van der Waals surface area contributed by atoms with E-state index in [1.165, 1.54) is 16.4 Å². The van der Waals surface area contributed by atoms with E-state index in [-0.39, 0.29) is 10.8 Å². The van der Waals surface area contributed by atoms with Crippen LogP contribution in [0.1, 0.15) is 11.1 Å². The van der Waals surface area contributed by atoms with Gasteiger partial charge in [0.1, 0.15) is 0 Å². The van der Waals surface area contributed by atoms with Crippen LogP contribution < -0.4 is 0 Å². The van der Waals surface area contributed by atoms with Crippen LogP contribution in [-0.2, 0) is 6.54 Å². The Balaban J connectivity index is 2.22. The molecule has 0 fully saturated rings. The number of aromatic nitrogens is 2. The molecule has 0 atom stereocenters. The zero-order chi connectivity index (χ0) is 12.4. The average molecular weight is 252 g/mol. The number of aryl methyl sites for hydroxylation is 1. The summed E-state index contributed by atoms with van der Waals surface area (Å²) in [4.78, 5) is 9.99. The van der Waals surface area contributed by atoms with Crippen LogP contribution in [0.4, 0.5) is 5.82 Å². The van der Waals surface area contributed by atoms with Crippen molar-refractivity contribution in [1.82, 2.24) is 9.78 Å². The lowest BCUT2D eigenvalue weighted by atomic mass is 10.1. The number of nitro groups is 1. The fourth-order valence-corrected chi connectivity index (χ4v) is 1.69. The largest absolute Gasteiger partial charge is 0.408 e. The second-order valence-electron chi connectivity index (χ2n) is 3.74.